The van der Waals surface area contributed by atoms with Crippen molar-refractivity contribution in [3.63, 3.8) is 0 Å². The maximum absolute atomic E-state index is 6.84. The van der Waals surface area contributed by atoms with Crippen molar-refractivity contribution in [1.29, 1.82) is 0 Å². The Morgan fingerprint density at radius 1 is 0.237 bits per heavy atom. The Labute approximate surface area is 340 Å². The fourth-order valence-electron chi connectivity index (χ4n) is 10.1. The molecule has 1 aromatic heterocycles. The largest absolute Gasteiger partial charge is 0.455 e. The molecule has 59 heavy (non-hydrogen) atoms. The van der Waals surface area contributed by atoms with E-state index in [-0.39, 0.29) is 0 Å². The van der Waals surface area contributed by atoms with Crippen LogP contribution in [0.5, 0.6) is 0 Å². The Morgan fingerprint density at radius 3 is 1.46 bits per heavy atom. The molecule has 0 N–H and O–H groups in total. The maximum atomic E-state index is 6.84. The van der Waals surface area contributed by atoms with E-state index in [2.05, 4.69) is 206 Å². The molecule has 0 aliphatic carbocycles. The topological polar surface area (TPSA) is 13.1 Å². The van der Waals surface area contributed by atoms with Crippen LogP contribution < -0.4 is 0 Å². The van der Waals surface area contributed by atoms with E-state index >= 15 is 0 Å². The number of hydrogen-bond donors (Lipinski definition) is 0. The lowest BCUT2D eigenvalue weighted by Crippen LogP contribution is -1.91. The predicted molar refractivity (Wildman–Crippen MR) is 253 cm³/mol. The molecule has 0 aliphatic heterocycles. The first-order valence-corrected chi connectivity index (χ1v) is 20.4. The van der Waals surface area contributed by atoms with Crippen LogP contribution >= 0.6 is 0 Å². The van der Waals surface area contributed by atoms with Crippen molar-refractivity contribution in [2.45, 2.75) is 0 Å². The Morgan fingerprint density at radius 2 is 0.729 bits per heavy atom. The first kappa shape index (κ1) is 32.4. The lowest BCUT2D eigenvalue weighted by atomic mass is 9.84. The summed E-state index contributed by atoms with van der Waals surface area (Å²) in [6.45, 7) is 0. The third-order valence-corrected chi connectivity index (χ3v) is 12.8. The number of rotatable bonds is 3. The minimum atomic E-state index is 0.952. The molecule has 0 unspecified atom stereocenters. The molecule has 0 bridgehead atoms. The van der Waals surface area contributed by atoms with Crippen LogP contribution in [0.2, 0.25) is 0 Å². The zero-order valence-electron chi connectivity index (χ0n) is 32.0. The summed E-state index contributed by atoms with van der Waals surface area (Å²) in [4.78, 5) is 0. The van der Waals surface area contributed by atoms with E-state index in [0.717, 1.165) is 27.3 Å². The molecule has 13 rings (SSSR count). The van der Waals surface area contributed by atoms with Crippen LogP contribution in [0.4, 0.5) is 0 Å². The van der Waals surface area contributed by atoms with Crippen molar-refractivity contribution in [1.82, 2.24) is 0 Å². The monoisotopic (exact) mass is 746 g/mol. The lowest BCUT2D eigenvalue weighted by molar-refractivity contribution is 0.676. The Balaban J connectivity index is 0.968. The quantitative estimate of drug-likeness (QED) is 0.130. The second-order valence-corrected chi connectivity index (χ2v) is 15.9. The maximum Gasteiger partial charge on any atom is 0.143 e. The lowest BCUT2D eigenvalue weighted by Gasteiger charge is -2.19. The Bertz CT molecular complexity index is 3840. The summed E-state index contributed by atoms with van der Waals surface area (Å²) in [5.74, 6) is 0. The van der Waals surface area contributed by atoms with Gasteiger partial charge in [-0.05, 0) is 128 Å². The second-order valence-electron chi connectivity index (χ2n) is 15.9. The van der Waals surface area contributed by atoms with Crippen LogP contribution in [0.3, 0.4) is 0 Å². The predicted octanol–water partition coefficient (Wildman–Crippen LogP) is 16.7. The first-order chi connectivity index (χ1) is 29.3. The van der Waals surface area contributed by atoms with E-state index in [1.165, 1.54) is 103 Å². The highest BCUT2D eigenvalue weighted by molar-refractivity contribution is 6.32. The third-order valence-electron chi connectivity index (χ3n) is 12.8. The molecule has 1 heteroatoms. The van der Waals surface area contributed by atoms with E-state index in [0.29, 0.717) is 0 Å². The molecular weight excluding hydrogens is 713 g/mol. The summed E-state index contributed by atoms with van der Waals surface area (Å²) < 4.78 is 6.84. The van der Waals surface area contributed by atoms with E-state index < -0.39 is 0 Å². The van der Waals surface area contributed by atoms with Gasteiger partial charge in [-0.3, -0.25) is 0 Å². The third kappa shape index (κ3) is 4.73. The van der Waals surface area contributed by atoms with Gasteiger partial charge in [-0.1, -0.05) is 176 Å². The summed E-state index contributed by atoms with van der Waals surface area (Å²) in [5, 5.41) is 19.5. The average molecular weight is 747 g/mol. The molecule has 0 spiro atoms. The van der Waals surface area contributed by atoms with Gasteiger partial charge in [0, 0.05) is 21.5 Å². The summed E-state index contributed by atoms with van der Waals surface area (Å²) in [6, 6.07) is 75.8. The summed E-state index contributed by atoms with van der Waals surface area (Å²) >= 11 is 0. The van der Waals surface area contributed by atoms with Gasteiger partial charge in [0.1, 0.15) is 11.2 Å². The van der Waals surface area contributed by atoms with Crippen LogP contribution in [0.1, 0.15) is 0 Å². The normalized spacial score (nSPS) is 12.1. The molecule has 1 nitrogen and oxygen atoms in total. The molecule has 0 saturated carbocycles. The van der Waals surface area contributed by atoms with E-state index in [4.69, 9.17) is 4.42 Å². The summed E-state index contributed by atoms with van der Waals surface area (Å²) in [5.41, 5.74) is 9.35. The van der Waals surface area contributed by atoms with Crippen molar-refractivity contribution in [3.8, 4) is 33.4 Å². The van der Waals surface area contributed by atoms with E-state index in [9.17, 15) is 0 Å². The molecule has 0 amide bonds. The van der Waals surface area contributed by atoms with Gasteiger partial charge in [-0.2, -0.15) is 0 Å². The van der Waals surface area contributed by atoms with Gasteiger partial charge >= 0.3 is 0 Å². The van der Waals surface area contributed by atoms with Crippen LogP contribution in [-0.2, 0) is 0 Å². The SMILES string of the molecule is c1ccc2c(-c3c4ccccc4c(-c4ccc5cc(-c6ccc7c(c6)c6ccccc6c6c8ccc9ccccc9c8oc76)ccc5c4)c4ccccc34)cccc2c1. The fourth-order valence-corrected chi connectivity index (χ4v) is 10.1. The number of furan rings is 1. The summed E-state index contributed by atoms with van der Waals surface area (Å²) in [6.07, 6.45) is 0. The highest BCUT2D eigenvalue weighted by atomic mass is 16.3. The van der Waals surface area contributed by atoms with E-state index in [1.54, 1.807) is 0 Å². The van der Waals surface area contributed by atoms with Gasteiger partial charge in [0.15, 0.2) is 0 Å². The Hall–Kier alpha value is -7.74. The number of fused-ring (bicyclic) bond motifs is 14. The average Bonchev–Trinajstić information content (AvgIpc) is 3.71. The summed E-state index contributed by atoms with van der Waals surface area (Å²) in [7, 11) is 0. The molecule has 0 saturated heterocycles. The van der Waals surface area contributed by atoms with Gasteiger partial charge in [0.2, 0.25) is 0 Å². The molecule has 0 fully saturated rings. The molecule has 0 aliphatic rings. The number of benzene rings is 12. The van der Waals surface area contributed by atoms with Crippen LogP contribution in [0.15, 0.2) is 211 Å². The highest BCUT2D eigenvalue weighted by Gasteiger charge is 2.20. The molecular formula is C58H34O. The molecule has 12 aromatic carbocycles. The molecule has 13 aromatic rings. The van der Waals surface area contributed by atoms with Gasteiger partial charge in [0.05, 0.1) is 0 Å². The Kier molecular flexibility index (Phi) is 6.79. The molecule has 0 radical (unpaired) electrons. The standard InChI is InChI=1S/C58H34O/c1-3-15-42-35(12-1)14-11-23-45(42)55-49-21-9-7-19-47(49)54(48-20-8-10-22-50(48)55)41-27-26-37-32-38(24-25-39(37)33-41)40-29-30-51-53(34-40)44-17-5-6-18-46(44)56-52-31-28-36-13-2-4-16-43(36)57(52)59-58(51)56/h1-34H. The van der Waals surface area contributed by atoms with Crippen molar-refractivity contribution >= 4 is 97.3 Å². The van der Waals surface area contributed by atoms with Crippen molar-refractivity contribution in [2.75, 3.05) is 0 Å². The first-order valence-electron chi connectivity index (χ1n) is 20.4. The highest BCUT2D eigenvalue weighted by Crippen LogP contribution is 2.47. The van der Waals surface area contributed by atoms with Crippen molar-refractivity contribution in [2.24, 2.45) is 0 Å². The minimum absolute atomic E-state index is 0.952. The van der Waals surface area contributed by atoms with Crippen molar-refractivity contribution < 1.29 is 4.42 Å². The van der Waals surface area contributed by atoms with Gasteiger partial charge in [0.25, 0.3) is 0 Å². The van der Waals surface area contributed by atoms with Gasteiger partial charge < -0.3 is 4.42 Å². The van der Waals surface area contributed by atoms with E-state index in [1.807, 2.05) is 0 Å². The van der Waals surface area contributed by atoms with Crippen LogP contribution in [0.25, 0.3) is 131 Å². The van der Waals surface area contributed by atoms with Crippen LogP contribution in [0, 0.1) is 0 Å². The van der Waals surface area contributed by atoms with Gasteiger partial charge in [-0.15, -0.1) is 0 Å². The zero-order valence-corrected chi connectivity index (χ0v) is 32.0. The molecule has 0 atom stereocenters. The van der Waals surface area contributed by atoms with Crippen LogP contribution in [-0.4, -0.2) is 0 Å². The number of hydrogen-bond acceptors (Lipinski definition) is 1. The smallest absolute Gasteiger partial charge is 0.143 e. The molecule has 1 heterocycles. The zero-order chi connectivity index (χ0) is 38.6. The fraction of sp³-hybridized carbons (Fsp3) is 0. The second kappa shape index (κ2) is 12.4. The van der Waals surface area contributed by atoms with Gasteiger partial charge in [-0.25, -0.2) is 0 Å². The van der Waals surface area contributed by atoms with Crippen molar-refractivity contribution in [3.05, 3.63) is 206 Å². The molecule has 272 valence electrons. The minimum Gasteiger partial charge on any atom is -0.455 e.